The third kappa shape index (κ3) is 2.89. The molecule has 0 bridgehead atoms. The molecule has 2 atom stereocenters. The normalized spacial score (nSPS) is 12.1. The molecular weight excluding hydrogens is 235 g/mol. The molecule has 0 aromatic heterocycles. The van der Waals surface area contributed by atoms with E-state index in [4.69, 9.17) is 0 Å². The third-order valence-corrected chi connectivity index (χ3v) is 3.91. The van der Waals surface area contributed by atoms with Crippen molar-refractivity contribution in [1.82, 2.24) is 0 Å². The van der Waals surface area contributed by atoms with Gasteiger partial charge in [-0.15, -0.1) is 9.24 Å². The molecule has 0 aliphatic rings. The van der Waals surface area contributed by atoms with Crippen LogP contribution in [-0.2, 0) is 6.42 Å². The van der Waals surface area contributed by atoms with Gasteiger partial charge in [-0.1, -0.05) is 61.2 Å². The summed E-state index contributed by atoms with van der Waals surface area (Å²) in [6.45, 7) is 6.06. The Morgan fingerprint density at radius 2 is 1.78 bits per heavy atom. The number of aryl methyl sites for hydroxylation is 1. The first kappa shape index (κ1) is 13.1. The Kier molecular flexibility index (Phi) is 4.33. The summed E-state index contributed by atoms with van der Waals surface area (Å²) in [5, 5.41) is 0. The number of hydrogen-bond donors (Lipinski definition) is 0. The van der Waals surface area contributed by atoms with Gasteiger partial charge >= 0.3 is 0 Å². The lowest BCUT2D eigenvalue weighted by atomic mass is 9.97. The molecule has 0 radical (unpaired) electrons. The van der Waals surface area contributed by atoms with Gasteiger partial charge in [0.2, 0.25) is 0 Å². The molecule has 0 saturated heterocycles. The highest BCUT2D eigenvalue weighted by molar-refractivity contribution is 7.17. The Morgan fingerprint density at radius 1 is 1.11 bits per heavy atom. The maximum atomic E-state index is 3.89. The fourth-order valence-corrected chi connectivity index (χ4v) is 2.78. The van der Waals surface area contributed by atoms with E-state index in [1.807, 2.05) is 6.08 Å². The van der Waals surface area contributed by atoms with Gasteiger partial charge in [-0.2, -0.15) is 0 Å². The molecule has 0 fully saturated rings. The fourth-order valence-electron chi connectivity index (χ4n) is 2.22. The Labute approximate surface area is 112 Å². The average molecular weight is 254 g/mol. The predicted octanol–water partition coefficient (Wildman–Crippen LogP) is 4.80. The van der Waals surface area contributed by atoms with Crippen LogP contribution in [0.5, 0.6) is 0 Å². The SMILES string of the molecule is C=Cc1ccccc1C(P)Cc1ccccc1C. The summed E-state index contributed by atoms with van der Waals surface area (Å²) in [5.41, 5.74) is 5.78. The van der Waals surface area contributed by atoms with Crippen LogP contribution in [0.4, 0.5) is 0 Å². The zero-order valence-corrected chi connectivity index (χ0v) is 11.9. The van der Waals surface area contributed by atoms with Crippen LogP contribution in [0, 0.1) is 6.92 Å². The van der Waals surface area contributed by atoms with Gasteiger partial charge < -0.3 is 0 Å². The molecule has 2 unspecified atom stereocenters. The van der Waals surface area contributed by atoms with E-state index in [1.165, 1.54) is 22.3 Å². The summed E-state index contributed by atoms with van der Waals surface area (Å²) >= 11 is 0. The van der Waals surface area contributed by atoms with Crippen molar-refractivity contribution in [3.05, 3.63) is 77.4 Å². The van der Waals surface area contributed by atoms with Crippen molar-refractivity contribution in [3.63, 3.8) is 0 Å². The monoisotopic (exact) mass is 254 g/mol. The van der Waals surface area contributed by atoms with Gasteiger partial charge in [0, 0.05) is 5.66 Å². The van der Waals surface area contributed by atoms with Gasteiger partial charge in [-0.05, 0) is 35.6 Å². The Bertz CT molecular complexity index is 543. The second-order valence-corrected chi connectivity index (χ2v) is 5.37. The highest BCUT2D eigenvalue weighted by Crippen LogP contribution is 2.31. The van der Waals surface area contributed by atoms with Crippen LogP contribution < -0.4 is 0 Å². The summed E-state index contributed by atoms with van der Waals surface area (Å²) in [6, 6.07) is 17.1. The van der Waals surface area contributed by atoms with E-state index in [9.17, 15) is 0 Å². The van der Waals surface area contributed by atoms with Gasteiger partial charge in [0.15, 0.2) is 0 Å². The fraction of sp³-hybridized carbons (Fsp3) is 0.176. The van der Waals surface area contributed by atoms with E-state index >= 15 is 0 Å². The molecule has 0 N–H and O–H groups in total. The van der Waals surface area contributed by atoms with Gasteiger partial charge in [0.25, 0.3) is 0 Å². The maximum absolute atomic E-state index is 3.89. The van der Waals surface area contributed by atoms with Crippen LogP contribution in [-0.4, -0.2) is 0 Å². The maximum Gasteiger partial charge on any atom is 0.00317 e. The van der Waals surface area contributed by atoms with Crippen molar-refractivity contribution in [2.24, 2.45) is 0 Å². The number of benzene rings is 2. The molecule has 92 valence electrons. The first-order valence-corrected chi connectivity index (χ1v) is 6.90. The van der Waals surface area contributed by atoms with Crippen LogP contribution in [0.1, 0.15) is 27.9 Å². The molecule has 0 amide bonds. The first-order chi connectivity index (χ1) is 8.72. The molecule has 0 nitrogen and oxygen atoms in total. The molecule has 0 spiro atoms. The van der Waals surface area contributed by atoms with Crippen molar-refractivity contribution < 1.29 is 0 Å². The molecule has 0 saturated carbocycles. The minimum absolute atomic E-state index is 0.431. The second-order valence-electron chi connectivity index (χ2n) is 4.57. The van der Waals surface area contributed by atoms with E-state index in [-0.39, 0.29) is 0 Å². The highest BCUT2D eigenvalue weighted by atomic mass is 31.0. The molecule has 0 heterocycles. The van der Waals surface area contributed by atoms with E-state index in [2.05, 4.69) is 71.3 Å². The van der Waals surface area contributed by atoms with Gasteiger partial charge in [0.05, 0.1) is 0 Å². The lowest BCUT2D eigenvalue weighted by molar-refractivity contribution is 0.921. The highest BCUT2D eigenvalue weighted by Gasteiger charge is 2.10. The zero-order valence-electron chi connectivity index (χ0n) is 10.8. The van der Waals surface area contributed by atoms with Crippen LogP contribution in [0.15, 0.2) is 55.1 Å². The van der Waals surface area contributed by atoms with E-state index in [0.717, 1.165) is 6.42 Å². The minimum Gasteiger partial charge on any atom is -0.129 e. The van der Waals surface area contributed by atoms with Crippen LogP contribution in [0.3, 0.4) is 0 Å². The molecule has 0 aliphatic carbocycles. The summed E-state index contributed by atoms with van der Waals surface area (Å²) < 4.78 is 0. The lowest BCUT2D eigenvalue weighted by Gasteiger charge is -2.16. The van der Waals surface area contributed by atoms with Crippen LogP contribution in [0.2, 0.25) is 0 Å². The smallest absolute Gasteiger partial charge is 0.00317 e. The second kappa shape index (κ2) is 5.98. The lowest BCUT2D eigenvalue weighted by Crippen LogP contribution is -1.99. The number of hydrogen-bond acceptors (Lipinski definition) is 0. The quantitative estimate of drug-likeness (QED) is 0.688. The summed E-state index contributed by atoms with van der Waals surface area (Å²) in [7, 11) is 2.96. The van der Waals surface area contributed by atoms with Crippen molar-refractivity contribution in [3.8, 4) is 0 Å². The Morgan fingerprint density at radius 3 is 2.50 bits per heavy atom. The van der Waals surface area contributed by atoms with Gasteiger partial charge in [-0.25, -0.2) is 0 Å². The molecule has 2 aromatic rings. The van der Waals surface area contributed by atoms with E-state index < -0.39 is 0 Å². The first-order valence-electron chi connectivity index (χ1n) is 6.24. The van der Waals surface area contributed by atoms with Crippen molar-refractivity contribution in [1.29, 1.82) is 0 Å². The molecule has 1 heteroatoms. The van der Waals surface area contributed by atoms with Crippen LogP contribution in [0.25, 0.3) is 6.08 Å². The third-order valence-electron chi connectivity index (χ3n) is 3.32. The molecule has 2 rings (SSSR count). The number of rotatable bonds is 4. The Balaban J connectivity index is 2.25. The van der Waals surface area contributed by atoms with E-state index in [0.29, 0.717) is 5.66 Å². The molecular formula is C17H19P. The van der Waals surface area contributed by atoms with Crippen molar-refractivity contribution >= 4 is 15.3 Å². The van der Waals surface area contributed by atoms with E-state index in [1.54, 1.807) is 0 Å². The summed E-state index contributed by atoms with van der Waals surface area (Å²) in [4.78, 5) is 0. The summed E-state index contributed by atoms with van der Waals surface area (Å²) in [6.07, 6.45) is 2.98. The standard InChI is InChI=1S/C17H19P/c1-3-14-9-6-7-11-16(14)17(18)12-15-10-5-4-8-13(15)2/h3-11,17H,1,12,18H2,2H3. The zero-order chi connectivity index (χ0) is 13.0. The molecule has 0 aliphatic heterocycles. The van der Waals surface area contributed by atoms with Gasteiger partial charge in [-0.3, -0.25) is 0 Å². The largest absolute Gasteiger partial charge is 0.129 e. The minimum atomic E-state index is 0.431. The van der Waals surface area contributed by atoms with Crippen molar-refractivity contribution in [2.75, 3.05) is 0 Å². The topological polar surface area (TPSA) is 0 Å². The van der Waals surface area contributed by atoms with Crippen LogP contribution >= 0.6 is 9.24 Å². The Hall–Kier alpha value is -1.39. The molecule has 18 heavy (non-hydrogen) atoms. The average Bonchev–Trinajstić information content (AvgIpc) is 2.41. The summed E-state index contributed by atoms with van der Waals surface area (Å²) in [5.74, 6) is 0. The van der Waals surface area contributed by atoms with Gasteiger partial charge in [0.1, 0.15) is 0 Å². The molecule has 2 aromatic carbocycles. The van der Waals surface area contributed by atoms with Crippen molar-refractivity contribution in [2.45, 2.75) is 19.0 Å². The predicted molar refractivity (Wildman–Crippen MR) is 83.9 cm³/mol.